The van der Waals surface area contributed by atoms with Crippen molar-refractivity contribution < 1.29 is 23.9 Å². The zero-order valence-electron chi connectivity index (χ0n) is 27.8. The summed E-state index contributed by atoms with van der Waals surface area (Å²) in [5.74, 6) is -0.0688. The number of rotatable bonds is 11. The number of imide groups is 1. The molecule has 256 valence electrons. The summed E-state index contributed by atoms with van der Waals surface area (Å²) in [6.07, 6.45) is 1.66. The molecule has 0 spiro atoms. The number of nitrogens with zero attached hydrogens (tertiary/aromatic N) is 1. The minimum atomic E-state index is -0.650. The standard InChI is InChI=1S/C41H34ClN3O5S/c1-26(2)28-13-11-27(12-14-28)23-36(44-39(47)29-7-4-3-5-8-29)40(48)43-31-9-6-10-35(24-31)51-37-25-38(46)45(41(37)49)32-17-21-34(22-18-32)50-33-19-15-30(42)16-20-33/h3-24,26,37H,25H2,1-2H3,(H,43,48)(H,44,47)/b36-23-. The van der Waals surface area contributed by atoms with Gasteiger partial charge in [-0.15, -0.1) is 11.8 Å². The molecule has 0 bridgehead atoms. The third kappa shape index (κ3) is 8.94. The second-order valence-corrected chi connectivity index (χ2v) is 13.8. The normalized spacial score (nSPS) is 14.5. The summed E-state index contributed by atoms with van der Waals surface area (Å²) in [5.41, 5.74) is 3.30. The van der Waals surface area contributed by atoms with Crippen molar-refractivity contribution >= 4 is 64.4 Å². The monoisotopic (exact) mass is 715 g/mol. The highest BCUT2D eigenvalue weighted by Crippen LogP contribution is 2.36. The van der Waals surface area contributed by atoms with Gasteiger partial charge >= 0.3 is 0 Å². The molecule has 6 rings (SSSR count). The summed E-state index contributed by atoms with van der Waals surface area (Å²) in [4.78, 5) is 55.1. The van der Waals surface area contributed by atoms with Crippen LogP contribution in [0, 0.1) is 0 Å². The van der Waals surface area contributed by atoms with Crippen LogP contribution in [0.4, 0.5) is 11.4 Å². The van der Waals surface area contributed by atoms with E-state index in [9.17, 15) is 19.2 Å². The summed E-state index contributed by atoms with van der Waals surface area (Å²) >= 11 is 7.20. The van der Waals surface area contributed by atoms with Crippen LogP contribution < -0.4 is 20.3 Å². The predicted molar refractivity (Wildman–Crippen MR) is 202 cm³/mol. The highest BCUT2D eigenvalue weighted by Gasteiger charge is 2.40. The molecule has 51 heavy (non-hydrogen) atoms. The molecule has 5 aromatic carbocycles. The van der Waals surface area contributed by atoms with Crippen LogP contribution >= 0.6 is 23.4 Å². The van der Waals surface area contributed by atoms with Gasteiger partial charge in [0, 0.05) is 27.6 Å². The molecule has 0 saturated carbocycles. The molecule has 1 fully saturated rings. The first-order valence-electron chi connectivity index (χ1n) is 16.3. The van der Waals surface area contributed by atoms with E-state index in [1.807, 2.05) is 36.4 Å². The van der Waals surface area contributed by atoms with E-state index in [0.717, 1.165) is 11.1 Å². The Morgan fingerprint density at radius 3 is 2.18 bits per heavy atom. The molecule has 1 aliphatic heterocycles. The molecule has 5 aromatic rings. The van der Waals surface area contributed by atoms with Crippen LogP contribution in [0.5, 0.6) is 11.5 Å². The van der Waals surface area contributed by atoms with Crippen molar-refractivity contribution in [3.05, 3.63) is 155 Å². The highest BCUT2D eigenvalue weighted by atomic mass is 35.5. The van der Waals surface area contributed by atoms with Crippen molar-refractivity contribution in [2.75, 3.05) is 10.2 Å². The number of benzene rings is 5. The Hall–Kier alpha value is -5.64. The average Bonchev–Trinajstić information content (AvgIpc) is 3.41. The first-order valence-corrected chi connectivity index (χ1v) is 17.5. The molecular weight excluding hydrogens is 682 g/mol. The van der Waals surface area contributed by atoms with Crippen LogP contribution in [0.2, 0.25) is 5.02 Å². The van der Waals surface area contributed by atoms with Crippen molar-refractivity contribution in [2.45, 2.75) is 36.3 Å². The molecule has 8 nitrogen and oxygen atoms in total. The summed E-state index contributed by atoms with van der Waals surface area (Å²) in [6.45, 7) is 4.21. The first kappa shape index (κ1) is 35.2. The Morgan fingerprint density at radius 1 is 0.843 bits per heavy atom. The molecule has 1 saturated heterocycles. The predicted octanol–water partition coefficient (Wildman–Crippen LogP) is 9.09. The summed E-state index contributed by atoms with van der Waals surface area (Å²) in [5, 5.41) is 5.59. The highest BCUT2D eigenvalue weighted by molar-refractivity contribution is 8.00. The number of carbonyl (C=O) groups is 4. The van der Waals surface area contributed by atoms with Crippen LogP contribution in [-0.4, -0.2) is 28.9 Å². The summed E-state index contributed by atoms with van der Waals surface area (Å²) in [6, 6.07) is 37.2. The molecule has 1 aliphatic rings. The summed E-state index contributed by atoms with van der Waals surface area (Å²) in [7, 11) is 0. The van der Waals surface area contributed by atoms with Gasteiger partial charge in [-0.2, -0.15) is 0 Å². The minimum Gasteiger partial charge on any atom is -0.457 e. The Balaban J connectivity index is 1.14. The topological polar surface area (TPSA) is 105 Å². The van der Waals surface area contributed by atoms with Crippen LogP contribution in [-0.2, 0) is 14.4 Å². The lowest BCUT2D eigenvalue weighted by molar-refractivity contribution is -0.121. The van der Waals surface area contributed by atoms with Crippen LogP contribution in [0.25, 0.3) is 6.08 Å². The quantitative estimate of drug-likeness (QED) is 0.104. The van der Waals surface area contributed by atoms with Gasteiger partial charge in [0.1, 0.15) is 17.2 Å². The lowest BCUT2D eigenvalue weighted by Crippen LogP contribution is -2.31. The van der Waals surface area contributed by atoms with Crippen LogP contribution in [0.3, 0.4) is 0 Å². The third-order valence-electron chi connectivity index (χ3n) is 8.06. The number of nitrogens with one attached hydrogen (secondary N) is 2. The largest absolute Gasteiger partial charge is 0.457 e. The number of halogens is 1. The molecule has 1 unspecified atom stereocenters. The van der Waals surface area contributed by atoms with E-state index >= 15 is 0 Å². The van der Waals surface area contributed by atoms with E-state index in [2.05, 4.69) is 24.5 Å². The van der Waals surface area contributed by atoms with Crippen molar-refractivity contribution in [1.29, 1.82) is 0 Å². The van der Waals surface area contributed by atoms with E-state index in [1.54, 1.807) is 97.1 Å². The van der Waals surface area contributed by atoms with Gasteiger partial charge in [-0.05, 0) is 102 Å². The first-order chi connectivity index (χ1) is 24.6. The van der Waals surface area contributed by atoms with Gasteiger partial charge in [-0.3, -0.25) is 19.2 Å². The number of anilines is 2. The fraction of sp³-hybridized carbons (Fsp3) is 0.122. The van der Waals surface area contributed by atoms with E-state index < -0.39 is 17.1 Å². The fourth-order valence-electron chi connectivity index (χ4n) is 5.37. The maximum absolute atomic E-state index is 13.6. The van der Waals surface area contributed by atoms with Crippen LogP contribution in [0.15, 0.2) is 138 Å². The van der Waals surface area contributed by atoms with Crippen molar-refractivity contribution in [1.82, 2.24) is 5.32 Å². The number of hydrogen-bond acceptors (Lipinski definition) is 6. The van der Waals surface area contributed by atoms with E-state index in [-0.39, 0.29) is 23.9 Å². The second-order valence-electron chi connectivity index (χ2n) is 12.1. The lowest BCUT2D eigenvalue weighted by Gasteiger charge is -2.16. The maximum atomic E-state index is 13.6. The van der Waals surface area contributed by atoms with Crippen molar-refractivity contribution in [3.63, 3.8) is 0 Å². The van der Waals surface area contributed by atoms with Gasteiger partial charge < -0.3 is 15.4 Å². The van der Waals surface area contributed by atoms with E-state index in [1.165, 1.54) is 16.7 Å². The number of carbonyl (C=O) groups excluding carboxylic acids is 4. The van der Waals surface area contributed by atoms with E-state index in [4.69, 9.17) is 16.3 Å². The fourth-order valence-corrected chi connectivity index (χ4v) is 6.60. The maximum Gasteiger partial charge on any atom is 0.272 e. The SMILES string of the molecule is CC(C)c1ccc(/C=C(\NC(=O)c2ccccc2)C(=O)Nc2cccc(SC3CC(=O)N(c4ccc(Oc5ccc(Cl)cc5)cc4)C3=O)c2)cc1. The van der Waals surface area contributed by atoms with E-state index in [0.29, 0.717) is 44.3 Å². The van der Waals surface area contributed by atoms with Gasteiger partial charge in [0.25, 0.3) is 11.8 Å². The molecule has 0 aliphatic carbocycles. The van der Waals surface area contributed by atoms with Gasteiger partial charge in [0.2, 0.25) is 11.8 Å². The second kappa shape index (κ2) is 15.9. The van der Waals surface area contributed by atoms with Gasteiger partial charge in [0.15, 0.2) is 0 Å². The number of thioether (sulfide) groups is 1. The molecule has 1 atom stereocenters. The summed E-state index contributed by atoms with van der Waals surface area (Å²) < 4.78 is 5.83. The molecule has 1 heterocycles. The molecule has 0 aromatic heterocycles. The lowest BCUT2D eigenvalue weighted by atomic mass is 10.0. The molecule has 4 amide bonds. The number of hydrogen-bond donors (Lipinski definition) is 2. The molecule has 0 radical (unpaired) electrons. The smallest absolute Gasteiger partial charge is 0.272 e. The van der Waals surface area contributed by atoms with Crippen molar-refractivity contribution in [3.8, 4) is 11.5 Å². The van der Waals surface area contributed by atoms with Gasteiger partial charge in [-0.1, -0.05) is 74.0 Å². The van der Waals surface area contributed by atoms with Crippen molar-refractivity contribution in [2.24, 2.45) is 0 Å². The minimum absolute atomic E-state index is 0.0249. The third-order valence-corrected chi connectivity index (χ3v) is 9.49. The molecular formula is C41H34ClN3O5S. The molecule has 10 heteroatoms. The van der Waals surface area contributed by atoms with Gasteiger partial charge in [-0.25, -0.2) is 4.90 Å². The van der Waals surface area contributed by atoms with Crippen LogP contribution in [0.1, 0.15) is 47.7 Å². The zero-order chi connectivity index (χ0) is 35.9. The Morgan fingerprint density at radius 2 is 1.51 bits per heavy atom. The Kier molecular flexibility index (Phi) is 11.0. The Labute approximate surface area is 305 Å². The zero-order valence-corrected chi connectivity index (χ0v) is 29.4. The number of ether oxygens (including phenoxy) is 1. The Bertz CT molecular complexity index is 2080. The molecule has 2 N–H and O–H groups in total. The van der Waals surface area contributed by atoms with Gasteiger partial charge in [0.05, 0.1) is 10.9 Å². The average molecular weight is 716 g/mol. The number of amides is 4.